The smallest absolute Gasteiger partial charge is 0.309 e. The van der Waals surface area contributed by atoms with Gasteiger partial charge in [-0.05, 0) is 74.1 Å². The molecule has 1 aromatic heterocycles. The first kappa shape index (κ1) is 22.6. The van der Waals surface area contributed by atoms with Crippen LogP contribution >= 0.6 is 0 Å². The molecule has 0 aliphatic heterocycles. The summed E-state index contributed by atoms with van der Waals surface area (Å²) >= 11 is 0. The predicted molar refractivity (Wildman–Crippen MR) is 133 cm³/mol. The van der Waals surface area contributed by atoms with Crippen molar-refractivity contribution >= 4 is 16.9 Å². The molecular weight excluding hydrogens is 459 g/mol. The van der Waals surface area contributed by atoms with Crippen molar-refractivity contribution < 1.29 is 23.4 Å². The van der Waals surface area contributed by atoms with E-state index in [1.807, 2.05) is 62.6 Å². The second kappa shape index (κ2) is 8.97. The van der Waals surface area contributed by atoms with Crippen molar-refractivity contribution in [3.63, 3.8) is 0 Å². The molecular formula is C29H27FN2O4. The van der Waals surface area contributed by atoms with Crippen molar-refractivity contribution in [3.05, 3.63) is 83.3 Å². The van der Waals surface area contributed by atoms with Crippen molar-refractivity contribution in [2.75, 3.05) is 6.61 Å². The van der Waals surface area contributed by atoms with Gasteiger partial charge in [-0.1, -0.05) is 12.1 Å². The summed E-state index contributed by atoms with van der Waals surface area (Å²) in [5, 5.41) is 5.31. The Kier molecular flexibility index (Phi) is 5.63. The number of hydrogen-bond acceptors (Lipinski definition) is 5. The molecule has 1 fully saturated rings. The molecule has 0 spiro atoms. The highest BCUT2D eigenvalue weighted by Gasteiger charge is 2.45. The highest BCUT2D eigenvalue weighted by Crippen LogP contribution is 2.49. The van der Waals surface area contributed by atoms with Crippen LogP contribution in [0.4, 0.5) is 4.39 Å². The summed E-state index contributed by atoms with van der Waals surface area (Å²) < 4.78 is 34.3. The van der Waals surface area contributed by atoms with Crippen LogP contribution in [0.25, 0.3) is 10.9 Å². The third-order valence-corrected chi connectivity index (χ3v) is 7.15. The molecule has 6 nitrogen and oxygen atoms in total. The van der Waals surface area contributed by atoms with Gasteiger partial charge in [0.05, 0.1) is 24.2 Å². The number of aromatic nitrogens is 2. The third-order valence-electron chi connectivity index (χ3n) is 7.15. The SMILES string of the molecule is CCOC(=O)[C@H]1C[C@@H]1c1ccc(O[C@@H]2CCc3c(Oc4ccc5cnn(C)c5c4)ccc(F)c32)cc1. The number of fused-ring (bicyclic) bond motifs is 2. The Bertz CT molecular complexity index is 1450. The van der Waals surface area contributed by atoms with E-state index in [2.05, 4.69) is 5.10 Å². The van der Waals surface area contributed by atoms with Crippen LogP contribution in [0, 0.1) is 11.7 Å². The average molecular weight is 487 g/mol. The number of carbonyl (C=O) groups is 1. The fourth-order valence-corrected chi connectivity index (χ4v) is 5.20. The summed E-state index contributed by atoms with van der Waals surface area (Å²) in [7, 11) is 1.89. The van der Waals surface area contributed by atoms with E-state index in [1.165, 1.54) is 6.07 Å². The zero-order chi connectivity index (χ0) is 24.8. The Morgan fingerprint density at radius 3 is 2.72 bits per heavy atom. The summed E-state index contributed by atoms with van der Waals surface area (Å²) in [6.07, 6.45) is 3.58. The number of carbonyl (C=O) groups excluding carboxylic acids is 1. The number of esters is 1. The van der Waals surface area contributed by atoms with E-state index in [0.29, 0.717) is 42.3 Å². The largest absolute Gasteiger partial charge is 0.486 e. The third kappa shape index (κ3) is 4.08. The summed E-state index contributed by atoms with van der Waals surface area (Å²) in [4.78, 5) is 11.9. The molecule has 3 aromatic carbocycles. The fourth-order valence-electron chi connectivity index (χ4n) is 5.20. The van der Waals surface area contributed by atoms with Crippen molar-refractivity contribution in [2.24, 2.45) is 13.0 Å². The Hall–Kier alpha value is -3.87. The maximum absolute atomic E-state index is 15.0. The summed E-state index contributed by atoms with van der Waals surface area (Å²) in [5.41, 5.74) is 3.47. The lowest BCUT2D eigenvalue weighted by Crippen LogP contribution is -2.07. The first-order chi connectivity index (χ1) is 17.5. The molecule has 0 saturated heterocycles. The summed E-state index contributed by atoms with van der Waals surface area (Å²) in [5.74, 6) is 1.75. The van der Waals surface area contributed by atoms with Gasteiger partial charge in [-0.15, -0.1) is 0 Å². The molecule has 0 radical (unpaired) electrons. The van der Waals surface area contributed by atoms with Gasteiger partial charge in [0, 0.05) is 29.6 Å². The van der Waals surface area contributed by atoms with Crippen LogP contribution in [0.1, 0.15) is 48.5 Å². The number of rotatable bonds is 7. The lowest BCUT2D eigenvalue weighted by atomic mass is 10.1. The Morgan fingerprint density at radius 2 is 1.92 bits per heavy atom. The molecule has 0 bridgehead atoms. The van der Waals surface area contributed by atoms with E-state index in [-0.39, 0.29) is 29.7 Å². The monoisotopic (exact) mass is 486 g/mol. The number of halogens is 1. The average Bonchev–Trinajstić information content (AvgIpc) is 3.45. The topological polar surface area (TPSA) is 62.6 Å². The van der Waals surface area contributed by atoms with Gasteiger partial charge in [-0.2, -0.15) is 5.10 Å². The quantitative estimate of drug-likeness (QED) is 0.290. The Balaban J connectivity index is 1.18. The first-order valence-corrected chi connectivity index (χ1v) is 12.4. The van der Waals surface area contributed by atoms with Crippen LogP contribution < -0.4 is 9.47 Å². The number of ether oxygens (including phenoxy) is 3. The van der Waals surface area contributed by atoms with E-state index >= 15 is 0 Å². The molecule has 2 aliphatic rings. The lowest BCUT2D eigenvalue weighted by Gasteiger charge is -2.17. The fraction of sp³-hybridized carbons (Fsp3) is 0.310. The van der Waals surface area contributed by atoms with Gasteiger partial charge in [-0.3, -0.25) is 9.48 Å². The first-order valence-electron chi connectivity index (χ1n) is 12.4. The summed E-state index contributed by atoms with van der Waals surface area (Å²) in [6, 6.07) is 16.7. The van der Waals surface area contributed by atoms with Crippen molar-refractivity contribution in [2.45, 2.75) is 38.2 Å². The summed E-state index contributed by atoms with van der Waals surface area (Å²) in [6.45, 7) is 2.22. The van der Waals surface area contributed by atoms with Crippen LogP contribution in [0.2, 0.25) is 0 Å². The van der Waals surface area contributed by atoms with Crippen molar-refractivity contribution in [3.8, 4) is 17.2 Å². The Morgan fingerprint density at radius 1 is 1.11 bits per heavy atom. The number of benzene rings is 3. The predicted octanol–water partition coefficient (Wildman–Crippen LogP) is 6.24. The van der Waals surface area contributed by atoms with Gasteiger partial charge < -0.3 is 14.2 Å². The zero-order valence-electron chi connectivity index (χ0n) is 20.2. The number of nitrogens with zero attached hydrogens (tertiary/aromatic N) is 2. The zero-order valence-corrected chi connectivity index (χ0v) is 20.2. The molecule has 1 saturated carbocycles. The minimum atomic E-state index is -0.387. The minimum Gasteiger partial charge on any atom is -0.486 e. The van der Waals surface area contributed by atoms with Crippen LogP contribution in [0.15, 0.2) is 60.8 Å². The maximum Gasteiger partial charge on any atom is 0.309 e. The molecule has 3 atom stereocenters. The van der Waals surface area contributed by atoms with Gasteiger partial charge in [0.2, 0.25) is 0 Å². The molecule has 184 valence electrons. The van der Waals surface area contributed by atoms with E-state index in [4.69, 9.17) is 14.2 Å². The maximum atomic E-state index is 15.0. The normalized spacial score (nSPS) is 20.2. The number of aryl methyl sites for hydroxylation is 1. The standard InChI is InChI=1S/C29H27FN2O4/c1-3-34-29(33)23-15-22(23)17-4-7-19(8-5-17)35-27-12-10-21-26(13-11-24(30)28(21)27)36-20-9-6-18-16-31-32(2)25(18)14-20/h4-9,11,13-14,16,22-23,27H,3,10,12,15H2,1-2H3/t22-,23+,27-/m1/s1. The molecule has 0 amide bonds. The van der Waals surface area contributed by atoms with Crippen LogP contribution in [0.3, 0.4) is 0 Å². The van der Waals surface area contributed by atoms with Gasteiger partial charge >= 0.3 is 5.97 Å². The second-order valence-corrected chi connectivity index (χ2v) is 9.44. The molecule has 0 unspecified atom stereocenters. The van der Waals surface area contributed by atoms with Crippen molar-refractivity contribution in [1.82, 2.24) is 9.78 Å². The van der Waals surface area contributed by atoms with Crippen molar-refractivity contribution in [1.29, 1.82) is 0 Å². The molecule has 4 aromatic rings. The van der Waals surface area contributed by atoms with Crippen LogP contribution in [-0.2, 0) is 23.0 Å². The van der Waals surface area contributed by atoms with Crippen LogP contribution in [-0.4, -0.2) is 22.4 Å². The van der Waals surface area contributed by atoms with E-state index in [0.717, 1.165) is 28.5 Å². The van der Waals surface area contributed by atoms with E-state index in [9.17, 15) is 9.18 Å². The molecule has 6 rings (SSSR count). The van der Waals surface area contributed by atoms with E-state index < -0.39 is 0 Å². The van der Waals surface area contributed by atoms with Gasteiger partial charge in [-0.25, -0.2) is 4.39 Å². The van der Waals surface area contributed by atoms with Gasteiger partial charge in [0.1, 0.15) is 29.2 Å². The molecule has 0 N–H and O–H groups in total. The highest BCUT2D eigenvalue weighted by molar-refractivity contribution is 5.80. The molecule has 1 heterocycles. The highest BCUT2D eigenvalue weighted by atomic mass is 19.1. The number of hydrogen-bond donors (Lipinski definition) is 0. The minimum absolute atomic E-state index is 0.0514. The molecule has 36 heavy (non-hydrogen) atoms. The van der Waals surface area contributed by atoms with Crippen LogP contribution in [0.5, 0.6) is 17.2 Å². The van der Waals surface area contributed by atoms with Gasteiger partial charge in [0.15, 0.2) is 0 Å². The lowest BCUT2D eigenvalue weighted by molar-refractivity contribution is -0.144. The molecule has 2 aliphatic carbocycles. The van der Waals surface area contributed by atoms with Gasteiger partial charge in [0.25, 0.3) is 0 Å². The Labute approximate surface area is 208 Å². The second-order valence-electron chi connectivity index (χ2n) is 9.44. The van der Waals surface area contributed by atoms with E-state index in [1.54, 1.807) is 10.7 Å². The molecule has 7 heteroatoms.